The highest BCUT2D eigenvalue weighted by Gasteiger charge is 2.14. The minimum Gasteiger partial charge on any atom is -0.352 e. The number of carbonyl (C=O) groups excluding carboxylic acids is 1. The lowest BCUT2D eigenvalue weighted by Gasteiger charge is -2.20. The van der Waals surface area contributed by atoms with Gasteiger partial charge in [-0.05, 0) is 11.5 Å². The molecule has 1 aromatic rings. The van der Waals surface area contributed by atoms with Gasteiger partial charge >= 0.3 is 0 Å². The molecule has 1 aromatic carbocycles. The van der Waals surface area contributed by atoms with Gasteiger partial charge in [0, 0.05) is 12.6 Å². The molecule has 1 rings (SSSR count). The number of hydrogen-bond acceptors (Lipinski definition) is 2. The number of nitrogens with two attached hydrogens (primary N) is 1. The van der Waals surface area contributed by atoms with Crippen molar-refractivity contribution in [2.24, 2.45) is 11.7 Å². The molecule has 0 spiro atoms. The van der Waals surface area contributed by atoms with E-state index < -0.39 is 0 Å². The predicted molar refractivity (Wildman–Crippen MR) is 66.0 cm³/mol. The second-order valence-electron chi connectivity index (χ2n) is 4.32. The molecular formula is C13H20N2O. The van der Waals surface area contributed by atoms with Crippen molar-refractivity contribution in [1.29, 1.82) is 0 Å². The van der Waals surface area contributed by atoms with Gasteiger partial charge in [0.2, 0.25) is 5.91 Å². The smallest absolute Gasteiger partial charge is 0.224 e. The molecular weight excluding hydrogens is 200 g/mol. The lowest BCUT2D eigenvalue weighted by Crippen LogP contribution is -2.44. The van der Waals surface area contributed by atoms with Crippen LogP contribution in [0.4, 0.5) is 0 Å². The van der Waals surface area contributed by atoms with E-state index in [0.29, 0.717) is 18.9 Å². The van der Waals surface area contributed by atoms with E-state index in [-0.39, 0.29) is 11.9 Å². The largest absolute Gasteiger partial charge is 0.352 e. The lowest BCUT2D eigenvalue weighted by atomic mass is 10.0. The Bertz CT molecular complexity index is 322. The van der Waals surface area contributed by atoms with Crippen LogP contribution in [0.1, 0.15) is 19.4 Å². The second kappa shape index (κ2) is 6.28. The number of hydrogen-bond donors (Lipinski definition) is 2. The van der Waals surface area contributed by atoms with Crippen molar-refractivity contribution in [3.8, 4) is 0 Å². The maximum Gasteiger partial charge on any atom is 0.224 e. The topological polar surface area (TPSA) is 55.1 Å². The first kappa shape index (κ1) is 12.7. The first-order valence-electron chi connectivity index (χ1n) is 5.67. The summed E-state index contributed by atoms with van der Waals surface area (Å²) in [5.74, 6) is 0.403. The van der Waals surface area contributed by atoms with Crippen molar-refractivity contribution in [2.45, 2.75) is 26.3 Å². The highest BCUT2D eigenvalue weighted by atomic mass is 16.1. The molecule has 88 valence electrons. The number of nitrogens with one attached hydrogen (secondary N) is 1. The number of amides is 1. The number of rotatable bonds is 5. The van der Waals surface area contributed by atoms with Crippen molar-refractivity contribution in [1.82, 2.24) is 5.32 Å². The standard InChI is InChI=1S/C13H20N2O/c1-10(2)12(9-14)15-13(16)8-11-6-4-3-5-7-11/h3-7,10,12H,8-9,14H2,1-2H3,(H,15,16)/t12-/m0/s1. The van der Waals surface area contributed by atoms with E-state index in [0.717, 1.165) is 5.56 Å². The Morgan fingerprint density at radius 3 is 2.44 bits per heavy atom. The van der Waals surface area contributed by atoms with Gasteiger partial charge in [-0.2, -0.15) is 0 Å². The normalized spacial score (nSPS) is 12.5. The molecule has 0 saturated heterocycles. The zero-order valence-corrected chi connectivity index (χ0v) is 9.94. The zero-order chi connectivity index (χ0) is 12.0. The Morgan fingerprint density at radius 1 is 1.31 bits per heavy atom. The van der Waals surface area contributed by atoms with E-state index in [4.69, 9.17) is 5.73 Å². The molecule has 0 bridgehead atoms. The molecule has 0 heterocycles. The maximum atomic E-state index is 11.7. The lowest BCUT2D eigenvalue weighted by molar-refractivity contribution is -0.121. The highest BCUT2D eigenvalue weighted by Crippen LogP contribution is 2.02. The number of carbonyl (C=O) groups is 1. The summed E-state index contributed by atoms with van der Waals surface area (Å²) in [6.07, 6.45) is 0.421. The molecule has 0 aliphatic heterocycles. The summed E-state index contributed by atoms with van der Waals surface area (Å²) in [4.78, 5) is 11.7. The van der Waals surface area contributed by atoms with Crippen LogP contribution in [0.15, 0.2) is 30.3 Å². The van der Waals surface area contributed by atoms with Crippen LogP contribution >= 0.6 is 0 Å². The van der Waals surface area contributed by atoms with E-state index in [2.05, 4.69) is 19.2 Å². The van der Waals surface area contributed by atoms with Crippen molar-refractivity contribution in [3.05, 3.63) is 35.9 Å². The van der Waals surface area contributed by atoms with Crippen LogP contribution < -0.4 is 11.1 Å². The average Bonchev–Trinajstić information content (AvgIpc) is 2.27. The third kappa shape index (κ3) is 4.03. The maximum absolute atomic E-state index is 11.7. The Kier molecular flexibility index (Phi) is 4.99. The van der Waals surface area contributed by atoms with Crippen molar-refractivity contribution < 1.29 is 4.79 Å². The van der Waals surface area contributed by atoms with Crippen molar-refractivity contribution in [3.63, 3.8) is 0 Å². The molecule has 0 radical (unpaired) electrons. The Balaban J connectivity index is 2.47. The molecule has 1 atom stereocenters. The SMILES string of the molecule is CC(C)[C@H](CN)NC(=O)Cc1ccccc1. The molecule has 0 unspecified atom stereocenters. The fraction of sp³-hybridized carbons (Fsp3) is 0.462. The van der Waals surface area contributed by atoms with Crippen LogP contribution in [0, 0.1) is 5.92 Å². The fourth-order valence-corrected chi connectivity index (χ4v) is 1.54. The fourth-order valence-electron chi connectivity index (χ4n) is 1.54. The summed E-state index contributed by atoms with van der Waals surface area (Å²) in [5, 5.41) is 2.95. The van der Waals surface area contributed by atoms with Crippen LogP contribution in [-0.4, -0.2) is 18.5 Å². The van der Waals surface area contributed by atoms with Gasteiger partial charge in [-0.15, -0.1) is 0 Å². The second-order valence-corrected chi connectivity index (χ2v) is 4.32. The first-order valence-corrected chi connectivity index (χ1v) is 5.67. The van der Waals surface area contributed by atoms with Crippen LogP contribution in [0.2, 0.25) is 0 Å². The molecule has 16 heavy (non-hydrogen) atoms. The van der Waals surface area contributed by atoms with Crippen LogP contribution in [0.5, 0.6) is 0 Å². The minimum atomic E-state index is 0.0374. The van der Waals surface area contributed by atoms with Gasteiger partial charge in [-0.1, -0.05) is 44.2 Å². The minimum absolute atomic E-state index is 0.0374. The van der Waals surface area contributed by atoms with E-state index in [1.807, 2.05) is 30.3 Å². The summed E-state index contributed by atoms with van der Waals surface area (Å²) in [6.45, 7) is 4.60. The third-order valence-corrected chi connectivity index (χ3v) is 2.61. The van der Waals surface area contributed by atoms with E-state index >= 15 is 0 Å². The summed E-state index contributed by atoms with van der Waals surface area (Å²) in [7, 11) is 0. The van der Waals surface area contributed by atoms with E-state index in [9.17, 15) is 4.79 Å². The Morgan fingerprint density at radius 2 is 1.94 bits per heavy atom. The predicted octanol–water partition coefficient (Wildman–Crippen LogP) is 1.33. The van der Waals surface area contributed by atoms with E-state index in [1.165, 1.54) is 0 Å². The molecule has 1 amide bonds. The summed E-state index contributed by atoms with van der Waals surface area (Å²) in [5.41, 5.74) is 6.63. The van der Waals surface area contributed by atoms with Crippen LogP contribution in [-0.2, 0) is 11.2 Å². The van der Waals surface area contributed by atoms with Crippen molar-refractivity contribution in [2.75, 3.05) is 6.54 Å². The van der Waals surface area contributed by atoms with Gasteiger partial charge < -0.3 is 11.1 Å². The molecule has 0 fully saturated rings. The summed E-state index contributed by atoms with van der Waals surface area (Å²) < 4.78 is 0. The molecule has 3 nitrogen and oxygen atoms in total. The van der Waals surface area contributed by atoms with E-state index in [1.54, 1.807) is 0 Å². The third-order valence-electron chi connectivity index (χ3n) is 2.61. The van der Waals surface area contributed by atoms with Gasteiger partial charge in [0.05, 0.1) is 6.42 Å². The highest BCUT2D eigenvalue weighted by molar-refractivity contribution is 5.78. The van der Waals surface area contributed by atoms with Crippen LogP contribution in [0.3, 0.4) is 0 Å². The average molecular weight is 220 g/mol. The van der Waals surface area contributed by atoms with Gasteiger partial charge in [-0.25, -0.2) is 0 Å². The monoisotopic (exact) mass is 220 g/mol. The molecule has 0 aromatic heterocycles. The first-order chi connectivity index (χ1) is 7.63. The molecule has 0 aliphatic rings. The van der Waals surface area contributed by atoms with Gasteiger partial charge in [0.15, 0.2) is 0 Å². The Labute approximate surface area is 97.0 Å². The van der Waals surface area contributed by atoms with Gasteiger partial charge in [0.1, 0.15) is 0 Å². The Hall–Kier alpha value is -1.35. The van der Waals surface area contributed by atoms with Gasteiger partial charge in [-0.3, -0.25) is 4.79 Å². The zero-order valence-electron chi connectivity index (χ0n) is 9.94. The molecule has 3 heteroatoms. The van der Waals surface area contributed by atoms with Crippen LogP contribution in [0.25, 0.3) is 0 Å². The molecule has 0 aliphatic carbocycles. The molecule has 3 N–H and O–H groups in total. The van der Waals surface area contributed by atoms with Gasteiger partial charge in [0.25, 0.3) is 0 Å². The molecule has 0 saturated carbocycles. The summed E-state index contributed by atoms with van der Waals surface area (Å²) >= 11 is 0. The quantitative estimate of drug-likeness (QED) is 0.786. The number of benzene rings is 1. The van der Waals surface area contributed by atoms with Crippen molar-refractivity contribution >= 4 is 5.91 Å². The summed E-state index contributed by atoms with van der Waals surface area (Å²) in [6, 6.07) is 9.78.